The number of carbonyl (C=O) groups excluding carboxylic acids is 1. The minimum atomic E-state index is -0.548. The van der Waals surface area contributed by atoms with E-state index in [4.69, 9.17) is 0 Å². The van der Waals surface area contributed by atoms with E-state index in [9.17, 15) is 14.9 Å². The summed E-state index contributed by atoms with van der Waals surface area (Å²) in [5, 5.41) is 13.0. The number of halogens is 1. The molecule has 0 aliphatic carbocycles. The summed E-state index contributed by atoms with van der Waals surface area (Å²) in [6.07, 6.45) is 1.09. The Morgan fingerprint density at radius 2 is 1.89 bits per heavy atom. The average molecular weight is 322 g/mol. The molecule has 1 amide bonds. The van der Waals surface area contributed by atoms with Crippen molar-refractivity contribution < 1.29 is 9.72 Å². The molecule has 0 radical (unpaired) electrons. The Hall–Kier alpha value is -2.28. The Morgan fingerprint density at radius 3 is 2.42 bits per heavy atom. The van der Waals surface area contributed by atoms with Crippen molar-refractivity contribution in [2.45, 2.75) is 0 Å². The fourth-order valence-electron chi connectivity index (χ4n) is 1.36. The fraction of sp³-hybridized carbons (Fsp3) is 0. The molecule has 0 aliphatic rings. The summed E-state index contributed by atoms with van der Waals surface area (Å²) in [4.78, 5) is 25.6. The molecule has 0 spiro atoms. The molecule has 0 unspecified atom stereocenters. The van der Waals surface area contributed by atoms with Crippen LogP contribution in [-0.4, -0.2) is 15.8 Å². The van der Waals surface area contributed by atoms with E-state index in [1.807, 2.05) is 0 Å². The summed E-state index contributed by atoms with van der Waals surface area (Å²) in [7, 11) is 0. The first-order chi connectivity index (χ1) is 9.06. The van der Waals surface area contributed by atoms with Crippen molar-refractivity contribution in [1.82, 2.24) is 4.98 Å². The molecule has 0 bridgehead atoms. The number of hydrogen-bond acceptors (Lipinski definition) is 4. The van der Waals surface area contributed by atoms with Gasteiger partial charge in [-0.25, -0.2) is 4.98 Å². The van der Waals surface area contributed by atoms with Gasteiger partial charge in [0.05, 0.1) is 4.92 Å². The van der Waals surface area contributed by atoms with E-state index in [2.05, 4.69) is 26.2 Å². The summed E-state index contributed by atoms with van der Waals surface area (Å²) >= 11 is 3.28. The van der Waals surface area contributed by atoms with Crippen molar-refractivity contribution >= 4 is 33.3 Å². The number of pyridine rings is 1. The van der Waals surface area contributed by atoms with Crippen molar-refractivity contribution in [2.75, 3.05) is 5.32 Å². The van der Waals surface area contributed by atoms with Crippen LogP contribution in [0.1, 0.15) is 10.4 Å². The first-order valence-corrected chi connectivity index (χ1v) is 6.03. The zero-order valence-electron chi connectivity index (χ0n) is 9.54. The lowest BCUT2D eigenvalue weighted by Crippen LogP contribution is -2.12. The first-order valence-electron chi connectivity index (χ1n) is 5.23. The Bertz CT molecular complexity index is 611. The van der Waals surface area contributed by atoms with Crippen LogP contribution < -0.4 is 5.32 Å². The molecule has 0 saturated heterocycles. The van der Waals surface area contributed by atoms with Crippen LogP contribution in [0, 0.1) is 10.1 Å². The molecule has 96 valence electrons. The number of hydrogen-bond donors (Lipinski definition) is 1. The summed E-state index contributed by atoms with van der Waals surface area (Å²) < 4.78 is 0.873. The highest BCUT2D eigenvalue weighted by molar-refractivity contribution is 9.10. The second-order valence-corrected chi connectivity index (χ2v) is 4.54. The zero-order chi connectivity index (χ0) is 13.8. The topological polar surface area (TPSA) is 85.1 Å². The Labute approximate surface area is 116 Å². The predicted octanol–water partition coefficient (Wildman–Crippen LogP) is 3.00. The highest BCUT2D eigenvalue weighted by atomic mass is 79.9. The van der Waals surface area contributed by atoms with Crippen LogP contribution in [0.5, 0.6) is 0 Å². The molecule has 1 heterocycles. The highest BCUT2D eigenvalue weighted by Gasteiger charge is 2.09. The van der Waals surface area contributed by atoms with Crippen molar-refractivity contribution in [3.63, 3.8) is 0 Å². The Morgan fingerprint density at radius 1 is 1.21 bits per heavy atom. The molecule has 19 heavy (non-hydrogen) atoms. The average Bonchev–Trinajstić information content (AvgIpc) is 2.40. The monoisotopic (exact) mass is 321 g/mol. The van der Waals surface area contributed by atoms with Crippen LogP contribution in [-0.2, 0) is 0 Å². The summed E-state index contributed by atoms with van der Waals surface area (Å²) in [5.74, 6) is -0.0626. The van der Waals surface area contributed by atoms with Crippen LogP contribution in [0.15, 0.2) is 47.1 Å². The summed E-state index contributed by atoms with van der Waals surface area (Å²) in [6.45, 7) is 0. The van der Waals surface area contributed by atoms with Crippen molar-refractivity contribution in [3.05, 3.63) is 62.7 Å². The lowest BCUT2D eigenvalue weighted by molar-refractivity contribution is -0.385. The molecule has 2 aromatic rings. The van der Waals surface area contributed by atoms with Gasteiger partial charge >= 0.3 is 0 Å². The van der Waals surface area contributed by atoms with Gasteiger partial charge in [0.2, 0.25) is 0 Å². The lowest BCUT2D eigenvalue weighted by atomic mass is 10.2. The van der Waals surface area contributed by atoms with Gasteiger partial charge in [-0.05, 0) is 30.3 Å². The third kappa shape index (κ3) is 3.35. The smallest absolute Gasteiger partial charge is 0.287 e. The van der Waals surface area contributed by atoms with Gasteiger partial charge in [0.25, 0.3) is 11.6 Å². The number of anilines is 1. The Kier molecular flexibility index (Phi) is 3.86. The number of nitrogens with one attached hydrogen (secondary N) is 1. The van der Waals surface area contributed by atoms with Crippen LogP contribution in [0.25, 0.3) is 0 Å². The maximum Gasteiger partial charge on any atom is 0.287 e. The molecule has 2 rings (SSSR count). The molecule has 6 nitrogen and oxygen atoms in total. The van der Waals surface area contributed by atoms with Crippen molar-refractivity contribution in [1.29, 1.82) is 0 Å². The number of aromatic nitrogens is 1. The molecule has 0 saturated carbocycles. The first kappa shape index (κ1) is 13.2. The van der Waals surface area contributed by atoms with E-state index < -0.39 is 4.92 Å². The predicted molar refractivity (Wildman–Crippen MR) is 73.0 cm³/mol. The van der Waals surface area contributed by atoms with Gasteiger partial charge in [0, 0.05) is 16.1 Å². The van der Waals surface area contributed by atoms with E-state index in [1.165, 1.54) is 12.1 Å². The molecular weight excluding hydrogens is 314 g/mol. The van der Waals surface area contributed by atoms with Gasteiger partial charge in [0.15, 0.2) is 0 Å². The van der Waals surface area contributed by atoms with E-state index in [1.54, 1.807) is 24.3 Å². The third-order valence-electron chi connectivity index (χ3n) is 2.31. The largest absolute Gasteiger partial charge is 0.307 e. The number of nitro groups is 1. The van der Waals surface area contributed by atoms with E-state index in [0.717, 1.165) is 10.7 Å². The number of benzene rings is 1. The minimum Gasteiger partial charge on any atom is -0.307 e. The highest BCUT2D eigenvalue weighted by Crippen LogP contribution is 2.14. The third-order valence-corrected chi connectivity index (χ3v) is 2.84. The van der Waals surface area contributed by atoms with Crippen LogP contribution in [0.2, 0.25) is 0 Å². The molecule has 7 heteroatoms. The number of rotatable bonds is 3. The fourth-order valence-corrected chi connectivity index (χ4v) is 1.62. The Balaban J connectivity index is 2.10. The van der Waals surface area contributed by atoms with Gasteiger partial charge in [-0.15, -0.1) is 0 Å². The van der Waals surface area contributed by atoms with Gasteiger partial charge < -0.3 is 5.32 Å². The minimum absolute atomic E-state index is 0.123. The molecule has 0 atom stereocenters. The standard InChI is InChI=1S/C12H8BrN3O3/c13-9-3-1-8(2-4-9)12(17)15-11-6-5-10(7-14-11)16(18)19/h1-7H,(H,14,15,17). The van der Waals surface area contributed by atoms with Gasteiger partial charge in [0.1, 0.15) is 12.0 Å². The number of amides is 1. The molecular formula is C12H8BrN3O3. The summed E-state index contributed by atoms with van der Waals surface area (Å²) in [5.41, 5.74) is 0.352. The van der Waals surface area contributed by atoms with Crippen molar-refractivity contribution in [3.8, 4) is 0 Å². The second-order valence-electron chi connectivity index (χ2n) is 3.62. The van der Waals surface area contributed by atoms with Gasteiger partial charge in [-0.3, -0.25) is 14.9 Å². The molecule has 1 N–H and O–H groups in total. The lowest BCUT2D eigenvalue weighted by Gasteiger charge is -2.04. The molecule has 0 aliphatic heterocycles. The molecule has 1 aromatic heterocycles. The van der Waals surface area contributed by atoms with E-state index in [-0.39, 0.29) is 17.4 Å². The summed E-state index contributed by atoms with van der Waals surface area (Å²) in [6, 6.07) is 9.48. The van der Waals surface area contributed by atoms with Crippen molar-refractivity contribution in [2.24, 2.45) is 0 Å². The van der Waals surface area contributed by atoms with Gasteiger partial charge in [-0.2, -0.15) is 0 Å². The molecule has 1 aromatic carbocycles. The number of carbonyl (C=O) groups is 1. The normalized spacial score (nSPS) is 9.95. The zero-order valence-corrected chi connectivity index (χ0v) is 11.1. The van der Waals surface area contributed by atoms with Crippen LogP contribution >= 0.6 is 15.9 Å². The quantitative estimate of drug-likeness (QED) is 0.695. The van der Waals surface area contributed by atoms with E-state index >= 15 is 0 Å². The molecule has 0 fully saturated rings. The number of nitrogens with zero attached hydrogens (tertiary/aromatic N) is 2. The van der Waals surface area contributed by atoms with E-state index in [0.29, 0.717) is 5.56 Å². The maximum atomic E-state index is 11.8. The van der Waals surface area contributed by atoms with Crippen LogP contribution in [0.4, 0.5) is 11.5 Å². The van der Waals surface area contributed by atoms with Gasteiger partial charge in [-0.1, -0.05) is 15.9 Å². The SMILES string of the molecule is O=C(Nc1ccc([N+](=O)[O-])cn1)c1ccc(Br)cc1. The second kappa shape index (κ2) is 5.57. The maximum absolute atomic E-state index is 11.8. The van der Waals surface area contributed by atoms with Crippen LogP contribution in [0.3, 0.4) is 0 Å².